The molecule has 0 saturated carbocycles. The number of amides is 1. The van der Waals surface area contributed by atoms with Crippen molar-refractivity contribution in [2.24, 2.45) is 5.41 Å². The van der Waals surface area contributed by atoms with Gasteiger partial charge in [0.05, 0.1) is 13.2 Å². The number of nitrogens with one attached hydrogen (secondary N) is 1. The molecule has 0 unspecified atom stereocenters. The second-order valence-electron chi connectivity index (χ2n) is 5.18. The highest BCUT2D eigenvalue weighted by Crippen LogP contribution is 2.29. The monoisotopic (exact) mass is 275 g/mol. The minimum absolute atomic E-state index is 0.122. The molecule has 1 amide bonds. The van der Waals surface area contributed by atoms with Crippen LogP contribution in [0.3, 0.4) is 0 Å². The number of carbonyl (C=O) groups is 3. The quantitative estimate of drug-likeness (QED) is 0.656. The number of hydrogen-bond acceptors (Lipinski definition) is 4. The van der Waals surface area contributed by atoms with Crippen LogP contribution in [0, 0.1) is 5.41 Å². The molecule has 1 aliphatic rings. The molecule has 0 aliphatic carbocycles. The van der Waals surface area contributed by atoms with Crippen LogP contribution < -0.4 is 5.32 Å². The lowest BCUT2D eigenvalue weighted by Gasteiger charge is -2.33. The maximum Gasteiger partial charge on any atom is 0.321 e. The Kier molecular flexibility index (Phi) is 3.88. The molecule has 1 aromatic carbocycles. The normalized spacial score (nSPS) is 26.0. The third kappa shape index (κ3) is 2.57. The number of hydrogen-bond donors (Lipinski definition) is 1. The maximum atomic E-state index is 12.2. The van der Waals surface area contributed by atoms with Crippen molar-refractivity contribution < 1.29 is 19.1 Å². The zero-order chi connectivity index (χ0) is 14.8. The summed E-state index contributed by atoms with van der Waals surface area (Å²) in [5.41, 5.74) is -0.452. The SMILES string of the molecule is COC(=O)[C@@]1(C)CC(=O)[C@H](Cc2ccccc2)NC1=O. The van der Waals surface area contributed by atoms with Crippen LogP contribution in [0.2, 0.25) is 0 Å². The molecule has 5 nitrogen and oxygen atoms in total. The Morgan fingerprint density at radius 3 is 2.60 bits per heavy atom. The first-order chi connectivity index (χ1) is 9.47. The van der Waals surface area contributed by atoms with Crippen LogP contribution in [0.5, 0.6) is 0 Å². The molecule has 0 aromatic heterocycles. The van der Waals surface area contributed by atoms with Gasteiger partial charge in [-0.2, -0.15) is 0 Å². The molecule has 2 rings (SSSR count). The molecule has 1 heterocycles. The summed E-state index contributed by atoms with van der Waals surface area (Å²) in [6.45, 7) is 1.44. The first-order valence-corrected chi connectivity index (χ1v) is 6.43. The Morgan fingerprint density at radius 2 is 2.00 bits per heavy atom. The number of piperidine rings is 1. The molecule has 0 radical (unpaired) electrons. The minimum atomic E-state index is -1.42. The first-order valence-electron chi connectivity index (χ1n) is 6.43. The molecule has 5 heteroatoms. The van der Waals surface area contributed by atoms with Crippen molar-refractivity contribution in [3.63, 3.8) is 0 Å². The van der Waals surface area contributed by atoms with Crippen LogP contribution >= 0.6 is 0 Å². The summed E-state index contributed by atoms with van der Waals surface area (Å²) in [7, 11) is 1.21. The Hall–Kier alpha value is -2.17. The molecular weight excluding hydrogens is 258 g/mol. The number of Topliss-reactive ketones (excluding diaryl/α,β-unsaturated/α-hetero) is 1. The molecule has 1 aromatic rings. The van der Waals surface area contributed by atoms with Gasteiger partial charge < -0.3 is 10.1 Å². The highest BCUT2D eigenvalue weighted by molar-refractivity contribution is 6.10. The Balaban J connectivity index is 2.13. The van der Waals surface area contributed by atoms with Gasteiger partial charge in [-0.1, -0.05) is 30.3 Å². The van der Waals surface area contributed by atoms with Crippen molar-refractivity contribution in [1.29, 1.82) is 0 Å². The number of methoxy groups -OCH3 is 1. The fourth-order valence-electron chi connectivity index (χ4n) is 2.35. The van der Waals surface area contributed by atoms with Crippen molar-refractivity contribution >= 4 is 17.7 Å². The molecule has 1 fully saturated rings. The number of esters is 1. The zero-order valence-electron chi connectivity index (χ0n) is 11.5. The molecule has 2 atom stereocenters. The first kappa shape index (κ1) is 14.2. The second kappa shape index (κ2) is 5.45. The van der Waals surface area contributed by atoms with E-state index in [0.29, 0.717) is 6.42 Å². The summed E-state index contributed by atoms with van der Waals surface area (Å²) < 4.78 is 4.61. The van der Waals surface area contributed by atoms with Crippen molar-refractivity contribution in [1.82, 2.24) is 5.32 Å². The summed E-state index contributed by atoms with van der Waals surface area (Å²) in [5.74, 6) is -1.28. The van der Waals surface area contributed by atoms with Crippen LogP contribution in [0.25, 0.3) is 0 Å². The Labute approximate surface area is 117 Å². The van der Waals surface area contributed by atoms with Gasteiger partial charge in [-0.25, -0.2) is 0 Å². The average molecular weight is 275 g/mol. The van der Waals surface area contributed by atoms with Gasteiger partial charge in [0.1, 0.15) is 0 Å². The molecule has 20 heavy (non-hydrogen) atoms. The standard InChI is InChI=1S/C15H17NO4/c1-15(14(19)20-2)9-12(17)11(16-13(15)18)8-10-6-4-3-5-7-10/h3-7,11H,8-9H2,1-2H3,(H,16,18)/t11-,15-/m0/s1. The van der Waals surface area contributed by atoms with E-state index >= 15 is 0 Å². The van der Waals surface area contributed by atoms with Crippen molar-refractivity contribution in [3.8, 4) is 0 Å². The molecular formula is C15H17NO4. The van der Waals surface area contributed by atoms with Gasteiger partial charge in [-0.3, -0.25) is 14.4 Å². The topological polar surface area (TPSA) is 72.5 Å². The highest BCUT2D eigenvalue weighted by atomic mass is 16.5. The summed E-state index contributed by atoms with van der Waals surface area (Å²) in [6, 6.07) is 8.86. The van der Waals surface area contributed by atoms with Gasteiger partial charge in [0.25, 0.3) is 0 Å². The van der Waals surface area contributed by atoms with E-state index < -0.39 is 23.3 Å². The van der Waals surface area contributed by atoms with Crippen molar-refractivity contribution in [3.05, 3.63) is 35.9 Å². The summed E-state index contributed by atoms with van der Waals surface area (Å²) in [6.07, 6.45) is 0.311. The van der Waals surface area contributed by atoms with E-state index in [1.807, 2.05) is 30.3 Å². The maximum absolute atomic E-state index is 12.2. The van der Waals surface area contributed by atoms with Crippen LogP contribution in [-0.2, 0) is 25.5 Å². The lowest BCUT2D eigenvalue weighted by Crippen LogP contribution is -2.58. The largest absolute Gasteiger partial charge is 0.468 e. The van der Waals surface area contributed by atoms with Gasteiger partial charge in [0.15, 0.2) is 11.2 Å². The molecule has 0 spiro atoms. The van der Waals surface area contributed by atoms with E-state index in [9.17, 15) is 14.4 Å². The average Bonchev–Trinajstić information content (AvgIpc) is 2.45. The van der Waals surface area contributed by atoms with Crippen LogP contribution in [0.15, 0.2) is 30.3 Å². The fraction of sp³-hybridized carbons (Fsp3) is 0.400. The van der Waals surface area contributed by atoms with E-state index in [2.05, 4.69) is 10.1 Å². The van der Waals surface area contributed by atoms with E-state index in [0.717, 1.165) is 5.56 Å². The van der Waals surface area contributed by atoms with Gasteiger partial charge in [0.2, 0.25) is 5.91 Å². The number of ketones is 1. The van der Waals surface area contributed by atoms with Crippen LogP contribution in [0.4, 0.5) is 0 Å². The fourth-order valence-corrected chi connectivity index (χ4v) is 2.35. The van der Waals surface area contributed by atoms with E-state index in [1.54, 1.807) is 0 Å². The van der Waals surface area contributed by atoms with E-state index in [1.165, 1.54) is 14.0 Å². The van der Waals surface area contributed by atoms with Gasteiger partial charge in [-0.15, -0.1) is 0 Å². The smallest absolute Gasteiger partial charge is 0.321 e. The van der Waals surface area contributed by atoms with Crippen LogP contribution in [-0.4, -0.2) is 30.8 Å². The Morgan fingerprint density at radius 1 is 1.35 bits per heavy atom. The predicted molar refractivity (Wildman–Crippen MR) is 71.8 cm³/mol. The number of benzene rings is 1. The molecule has 1 aliphatic heterocycles. The second-order valence-corrected chi connectivity index (χ2v) is 5.18. The lowest BCUT2D eigenvalue weighted by molar-refractivity contribution is -0.163. The predicted octanol–water partition coefficient (Wildman–Crippen LogP) is 0.866. The summed E-state index contributed by atoms with van der Waals surface area (Å²) in [4.78, 5) is 35.9. The molecule has 1 saturated heterocycles. The van der Waals surface area contributed by atoms with Crippen molar-refractivity contribution in [2.45, 2.75) is 25.8 Å². The molecule has 0 bridgehead atoms. The number of rotatable bonds is 3. The third-order valence-electron chi connectivity index (χ3n) is 3.64. The van der Waals surface area contributed by atoms with Gasteiger partial charge in [-0.05, 0) is 18.9 Å². The van der Waals surface area contributed by atoms with Gasteiger partial charge >= 0.3 is 5.97 Å². The van der Waals surface area contributed by atoms with Crippen LogP contribution in [0.1, 0.15) is 18.9 Å². The summed E-state index contributed by atoms with van der Waals surface area (Å²) in [5, 5.41) is 2.63. The minimum Gasteiger partial charge on any atom is -0.468 e. The van der Waals surface area contributed by atoms with E-state index in [4.69, 9.17) is 0 Å². The van der Waals surface area contributed by atoms with E-state index in [-0.39, 0.29) is 12.2 Å². The molecule has 106 valence electrons. The highest BCUT2D eigenvalue weighted by Gasteiger charge is 2.49. The molecule has 1 N–H and O–H groups in total. The van der Waals surface area contributed by atoms with Gasteiger partial charge in [0, 0.05) is 6.42 Å². The Bertz CT molecular complexity index is 540. The summed E-state index contributed by atoms with van der Waals surface area (Å²) >= 11 is 0. The number of carbonyl (C=O) groups excluding carboxylic acids is 3. The lowest BCUT2D eigenvalue weighted by atomic mass is 9.78. The van der Waals surface area contributed by atoms with Crippen molar-refractivity contribution in [2.75, 3.05) is 7.11 Å². The number of ether oxygens (including phenoxy) is 1. The zero-order valence-corrected chi connectivity index (χ0v) is 11.5. The third-order valence-corrected chi connectivity index (χ3v) is 3.64.